The van der Waals surface area contributed by atoms with Gasteiger partial charge in [0.15, 0.2) is 0 Å². The normalized spacial score (nSPS) is 12.5. The third-order valence-electron chi connectivity index (χ3n) is 9.97. The molecule has 0 aromatic heterocycles. The van der Waals surface area contributed by atoms with Gasteiger partial charge in [0.25, 0.3) is 0 Å². The summed E-state index contributed by atoms with van der Waals surface area (Å²) in [5.74, 6) is 0.577. The number of nitrogens with zero attached hydrogens (tertiary/aromatic N) is 1. The maximum atomic E-state index is 2.36. The van der Waals surface area contributed by atoms with Crippen molar-refractivity contribution in [1.82, 2.24) is 0 Å². The molecule has 0 radical (unpaired) electrons. The molecule has 0 fully saturated rings. The molecule has 0 aliphatic heterocycles. The van der Waals surface area contributed by atoms with Gasteiger partial charge in [-0.05, 0) is 110 Å². The van der Waals surface area contributed by atoms with E-state index < -0.39 is 0 Å². The smallest absolute Gasteiger partial charge is 0.0462 e. The van der Waals surface area contributed by atoms with Gasteiger partial charge in [0.1, 0.15) is 0 Å². The fraction of sp³-hybridized carbons (Fsp3) is 0.250. The van der Waals surface area contributed by atoms with E-state index >= 15 is 0 Å². The largest absolute Gasteiger partial charge is 0.311 e. The third-order valence-corrected chi connectivity index (χ3v) is 9.97. The van der Waals surface area contributed by atoms with Crippen molar-refractivity contribution in [1.29, 1.82) is 0 Å². The van der Waals surface area contributed by atoms with E-state index in [0.29, 0.717) is 5.92 Å². The Morgan fingerprint density at radius 1 is 0.388 bits per heavy atom. The Balaban J connectivity index is 1.33. The van der Waals surface area contributed by atoms with Crippen molar-refractivity contribution in [3.8, 4) is 33.4 Å². The first-order valence-corrected chi connectivity index (χ1v) is 17.8. The molecule has 6 rings (SSSR count). The molecule has 0 amide bonds. The number of hydrogen-bond donors (Lipinski definition) is 0. The average molecular weight is 642 g/mol. The monoisotopic (exact) mass is 641 g/mol. The highest BCUT2D eigenvalue weighted by Gasteiger charge is 2.17. The van der Waals surface area contributed by atoms with E-state index in [4.69, 9.17) is 0 Å². The minimum atomic E-state index is 0.140. The number of rotatable bonds is 8. The van der Waals surface area contributed by atoms with Crippen LogP contribution in [0.25, 0.3) is 33.4 Å². The van der Waals surface area contributed by atoms with Crippen LogP contribution in [0, 0.1) is 0 Å². The highest BCUT2D eigenvalue weighted by atomic mass is 15.1. The summed E-state index contributed by atoms with van der Waals surface area (Å²) in [6.45, 7) is 18.1. The molecule has 0 heterocycles. The van der Waals surface area contributed by atoms with Crippen LogP contribution in [0.15, 0.2) is 146 Å². The van der Waals surface area contributed by atoms with E-state index in [-0.39, 0.29) is 10.8 Å². The van der Waals surface area contributed by atoms with Crippen molar-refractivity contribution in [2.45, 2.75) is 78.6 Å². The van der Waals surface area contributed by atoms with Crippen molar-refractivity contribution in [2.24, 2.45) is 0 Å². The van der Waals surface area contributed by atoms with E-state index in [1.807, 2.05) is 0 Å². The zero-order valence-electron chi connectivity index (χ0n) is 30.6. The van der Waals surface area contributed by atoms with E-state index in [9.17, 15) is 0 Å². The average Bonchev–Trinajstić information content (AvgIpc) is 3.12. The first kappa shape index (κ1) is 34.0. The SMILES string of the molecule is CCC(C)c1ccc(-c2ccc(N(c3ccc(-c4ccc(C(C)(C)C)cc4)cc3)c3ccc(-c4ccc(C(C)(C)C)cc4)cc3)cc2)cc1. The van der Waals surface area contributed by atoms with Crippen LogP contribution >= 0.6 is 0 Å². The summed E-state index contributed by atoms with van der Waals surface area (Å²) in [6.07, 6.45) is 1.15. The Bertz CT molecular complexity index is 1850. The second kappa shape index (κ2) is 13.9. The van der Waals surface area contributed by atoms with Crippen molar-refractivity contribution in [3.05, 3.63) is 162 Å². The van der Waals surface area contributed by atoms with E-state index in [2.05, 4.69) is 206 Å². The van der Waals surface area contributed by atoms with Crippen molar-refractivity contribution in [2.75, 3.05) is 4.90 Å². The molecule has 248 valence electrons. The first-order chi connectivity index (χ1) is 23.4. The maximum absolute atomic E-state index is 2.36. The van der Waals surface area contributed by atoms with Crippen molar-refractivity contribution >= 4 is 17.1 Å². The van der Waals surface area contributed by atoms with E-state index in [1.165, 1.54) is 50.1 Å². The van der Waals surface area contributed by atoms with Crippen molar-refractivity contribution in [3.63, 3.8) is 0 Å². The lowest BCUT2D eigenvalue weighted by Crippen LogP contribution is -2.10. The summed E-state index contributed by atoms with van der Waals surface area (Å²) in [7, 11) is 0. The Morgan fingerprint density at radius 3 is 0.878 bits per heavy atom. The van der Waals surface area contributed by atoms with E-state index in [1.54, 1.807) is 0 Å². The van der Waals surface area contributed by atoms with Gasteiger partial charge in [0.2, 0.25) is 0 Å². The predicted molar refractivity (Wildman–Crippen MR) is 214 cm³/mol. The summed E-state index contributed by atoms with van der Waals surface area (Å²) in [5, 5.41) is 0. The minimum Gasteiger partial charge on any atom is -0.311 e. The van der Waals surface area contributed by atoms with Crippen LogP contribution in [0.5, 0.6) is 0 Å². The summed E-state index contributed by atoms with van der Waals surface area (Å²) < 4.78 is 0. The van der Waals surface area contributed by atoms with Gasteiger partial charge in [0, 0.05) is 17.1 Å². The lowest BCUT2D eigenvalue weighted by Gasteiger charge is -2.26. The molecule has 0 N–H and O–H groups in total. The summed E-state index contributed by atoms with van der Waals surface area (Å²) in [4.78, 5) is 2.36. The van der Waals surface area contributed by atoms with Crippen LogP contribution in [-0.4, -0.2) is 0 Å². The summed E-state index contributed by atoms with van der Waals surface area (Å²) in [6, 6.07) is 54.0. The molecule has 0 bridgehead atoms. The van der Waals surface area contributed by atoms with Gasteiger partial charge < -0.3 is 4.90 Å². The minimum absolute atomic E-state index is 0.140. The maximum Gasteiger partial charge on any atom is 0.0462 e. The molecule has 0 saturated heterocycles. The summed E-state index contributed by atoms with van der Waals surface area (Å²) in [5.41, 5.74) is 15.1. The van der Waals surface area contributed by atoms with E-state index in [0.717, 1.165) is 23.5 Å². The van der Waals surface area contributed by atoms with Gasteiger partial charge in [-0.1, -0.05) is 165 Å². The zero-order valence-corrected chi connectivity index (χ0v) is 30.6. The molecule has 0 aliphatic rings. The standard InChI is InChI=1S/C48H51N/c1-9-34(2)35-10-12-36(13-11-35)39-18-28-44(29-19-39)49(45-30-20-40(21-31-45)37-14-24-42(25-15-37)47(3,4)5)46-32-22-41(23-33-46)38-16-26-43(27-17-38)48(6,7)8/h10-34H,9H2,1-8H3. The molecule has 1 atom stereocenters. The van der Waals surface area contributed by atoms with Crippen LogP contribution in [-0.2, 0) is 10.8 Å². The van der Waals surface area contributed by atoms with Gasteiger partial charge >= 0.3 is 0 Å². The summed E-state index contributed by atoms with van der Waals surface area (Å²) >= 11 is 0. The van der Waals surface area contributed by atoms with Crippen LogP contribution in [0.1, 0.15) is 84.4 Å². The topological polar surface area (TPSA) is 3.24 Å². The van der Waals surface area contributed by atoms with Crippen LogP contribution in [0.2, 0.25) is 0 Å². The molecule has 6 aromatic carbocycles. The molecule has 0 saturated carbocycles. The Labute approximate surface area is 295 Å². The molecule has 1 heteroatoms. The van der Waals surface area contributed by atoms with Crippen molar-refractivity contribution < 1.29 is 0 Å². The second-order valence-corrected chi connectivity index (χ2v) is 15.6. The Morgan fingerprint density at radius 2 is 0.633 bits per heavy atom. The quantitative estimate of drug-likeness (QED) is 0.160. The van der Waals surface area contributed by atoms with Gasteiger partial charge in [-0.3, -0.25) is 0 Å². The Kier molecular flexibility index (Phi) is 9.66. The molecule has 0 aliphatic carbocycles. The molecule has 6 aromatic rings. The zero-order chi connectivity index (χ0) is 34.8. The number of benzene rings is 6. The van der Waals surface area contributed by atoms with Crippen LogP contribution in [0.4, 0.5) is 17.1 Å². The van der Waals surface area contributed by atoms with Crippen LogP contribution < -0.4 is 4.90 Å². The Hall–Kier alpha value is -4.88. The number of hydrogen-bond acceptors (Lipinski definition) is 1. The second-order valence-electron chi connectivity index (χ2n) is 15.6. The predicted octanol–water partition coefficient (Wildman–Crippen LogP) is 14.3. The third kappa shape index (κ3) is 7.73. The van der Waals surface area contributed by atoms with Gasteiger partial charge in [-0.2, -0.15) is 0 Å². The molecule has 0 spiro atoms. The van der Waals surface area contributed by atoms with Gasteiger partial charge in [-0.25, -0.2) is 0 Å². The van der Waals surface area contributed by atoms with Gasteiger partial charge in [0.05, 0.1) is 0 Å². The molecule has 1 nitrogen and oxygen atoms in total. The molecule has 49 heavy (non-hydrogen) atoms. The highest BCUT2D eigenvalue weighted by molar-refractivity contribution is 5.81. The highest BCUT2D eigenvalue weighted by Crippen LogP contribution is 2.38. The lowest BCUT2D eigenvalue weighted by molar-refractivity contribution is 0.590. The van der Waals surface area contributed by atoms with Gasteiger partial charge in [-0.15, -0.1) is 0 Å². The lowest BCUT2D eigenvalue weighted by atomic mass is 9.86. The molecule has 1 unspecified atom stereocenters. The first-order valence-electron chi connectivity index (χ1n) is 17.8. The number of anilines is 3. The van der Waals surface area contributed by atoms with Crippen LogP contribution in [0.3, 0.4) is 0 Å². The molecular weight excluding hydrogens is 591 g/mol. The molecular formula is C48H51N. The fourth-order valence-electron chi connectivity index (χ4n) is 6.42. The fourth-order valence-corrected chi connectivity index (χ4v) is 6.42.